The zero-order chi connectivity index (χ0) is 23.6. The first-order valence-electron chi connectivity index (χ1n) is 12.0. The van der Waals surface area contributed by atoms with E-state index >= 15 is 0 Å². The molecule has 0 saturated heterocycles. The summed E-state index contributed by atoms with van der Waals surface area (Å²) in [7, 11) is 8.71. The number of rotatable bonds is 8. The van der Waals surface area contributed by atoms with Crippen LogP contribution in [0.1, 0.15) is 112 Å². The lowest BCUT2D eigenvalue weighted by atomic mass is 9.86. The fourth-order valence-electron chi connectivity index (χ4n) is 4.72. The molecule has 2 aromatic rings. The Hall–Kier alpha value is -1.96. The van der Waals surface area contributed by atoms with Gasteiger partial charge in [0.25, 0.3) is 0 Å². The quantitative estimate of drug-likeness (QED) is 0.426. The average Bonchev–Trinajstić information content (AvgIpc) is 2.65. The molecule has 0 aromatic heterocycles. The Balaban J connectivity index is 2.68. The summed E-state index contributed by atoms with van der Waals surface area (Å²) in [5, 5.41) is 0. The van der Waals surface area contributed by atoms with Gasteiger partial charge in [-0.3, -0.25) is 0 Å². The molecule has 0 atom stereocenters. The average molecular weight is 423 g/mol. The fourth-order valence-corrected chi connectivity index (χ4v) is 4.72. The highest BCUT2D eigenvalue weighted by atomic mass is 15.1. The maximum atomic E-state index is 2.45. The third-order valence-electron chi connectivity index (χ3n) is 6.25. The van der Waals surface area contributed by atoms with E-state index in [0.29, 0.717) is 23.7 Å². The Morgan fingerprint density at radius 1 is 0.484 bits per heavy atom. The Kier molecular flexibility index (Phi) is 8.25. The lowest BCUT2D eigenvalue weighted by molar-refractivity contribution is 0.812. The van der Waals surface area contributed by atoms with Crippen LogP contribution < -0.4 is 9.80 Å². The summed E-state index contributed by atoms with van der Waals surface area (Å²) in [4.78, 5) is 4.60. The smallest absolute Gasteiger partial charge is 0.0431 e. The molecule has 0 amide bonds. The Morgan fingerprint density at radius 2 is 0.710 bits per heavy atom. The first kappa shape index (κ1) is 25.3. The Morgan fingerprint density at radius 3 is 0.871 bits per heavy atom. The number of anilines is 2. The van der Waals surface area contributed by atoms with Crippen LogP contribution in [0.2, 0.25) is 0 Å². The molecule has 0 aliphatic heterocycles. The van der Waals surface area contributed by atoms with Crippen molar-refractivity contribution in [3.8, 4) is 0 Å². The van der Waals surface area contributed by atoms with Crippen LogP contribution in [0.3, 0.4) is 0 Å². The van der Waals surface area contributed by atoms with Gasteiger partial charge in [0.05, 0.1) is 0 Å². The molecule has 0 saturated carbocycles. The van der Waals surface area contributed by atoms with Gasteiger partial charge in [-0.05, 0) is 63.5 Å². The number of benzene rings is 2. The fraction of sp³-hybridized carbons (Fsp3) is 0.586. The van der Waals surface area contributed by atoms with E-state index in [-0.39, 0.29) is 0 Å². The predicted molar refractivity (Wildman–Crippen MR) is 141 cm³/mol. The molecule has 2 rings (SSSR count). The summed E-state index contributed by atoms with van der Waals surface area (Å²) in [5.74, 6) is 2.01. The van der Waals surface area contributed by atoms with Gasteiger partial charge in [-0.2, -0.15) is 0 Å². The highest BCUT2D eigenvalue weighted by molar-refractivity contribution is 5.65. The molecule has 31 heavy (non-hydrogen) atoms. The topological polar surface area (TPSA) is 6.48 Å². The molecule has 2 heteroatoms. The monoisotopic (exact) mass is 422 g/mol. The van der Waals surface area contributed by atoms with Gasteiger partial charge in [0.15, 0.2) is 0 Å². The molecule has 0 aliphatic carbocycles. The summed E-state index contributed by atoms with van der Waals surface area (Å²) in [6, 6.07) is 9.82. The Bertz CT molecular complexity index is 754. The van der Waals surface area contributed by atoms with Gasteiger partial charge >= 0.3 is 0 Å². The molecule has 0 spiro atoms. The van der Waals surface area contributed by atoms with E-state index in [1.54, 1.807) is 0 Å². The molecule has 0 aliphatic rings. The van der Waals surface area contributed by atoms with Gasteiger partial charge in [-0.1, -0.05) is 79.7 Å². The van der Waals surface area contributed by atoms with Crippen molar-refractivity contribution in [2.45, 2.75) is 85.5 Å². The standard InChI is InChI=1S/C29H46N2/c1-18(2)24-14-22(15-25(19(3)4)28(24)30(9)10)13-23-16-26(20(5)6)29(31(11)12)27(17-23)21(7)8/h14-21H,13H2,1-12H3. The largest absolute Gasteiger partial charge is 0.377 e. The predicted octanol–water partition coefficient (Wildman–Crippen LogP) is 7.90. The van der Waals surface area contributed by atoms with Crippen LogP contribution in [-0.4, -0.2) is 28.2 Å². The Labute approximate surface area is 192 Å². The van der Waals surface area contributed by atoms with Gasteiger partial charge in [0.1, 0.15) is 0 Å². The van der Waals surface area contributed by atoms with Crippen LogP contribution in [0.25, 0.3) is 0 Å². The van der Waals surface area contributed by atoms with E-state index in [0.717, 1.165) is 6.42 Å². The minimum atomic E-state index is 0.503. The highest BCUT2D eigenvalue weighted by Gasteiger charge is 2.20. The molecular weight excluding hydrogens is 376 g/mol. The molecule has 0 bridgehead atoms. The second-order valence-electron chi connectivity index (χ2n) is 10.8. The van der Waals surface area contributed by atoms with Crippen molar-refractivity contribution in [3.05, 3.63) is 57.6 Å². The van der Waals surface area contributed by atoms with Crippen molar-refractivity contribution in [1.29, 1.82) is 0 Å². The summed E-state index contributed by atoms with van der Waals surface area (Å²) < 4.78 is 0. The zero-order valence-electron chi connectivity index (χ0n) is 22.2. The van der Waals surface area contributed by atoms with Gasteiger partial charge in [0.2, 0.25) is 0 Å². The molecule has 0 heterocycles. The van der Waals surface area contributed by atoms with E-state index in [1.165, 1.54) is 44.8 Å². The van der Waals surface area contributed by atoms with E-state index < -0.39 is 0 Å². The van der Waals surface area contributed by atoms with E-state index in [2.05, 4.69) is 118 Å². The summed E-state index contributed by atoms with van der Waals surface area (Å²) in [6.45, 7) is 18.5. The van der Waals surface area contributed by atoms with Crippen molar-refractivity contribution in [2.75, 3.05) is 38.0 Å². The van der Waals surface area contributed by atoms with E-state index in [4.69, 9.17) is 0 Å². The maximum Gasteiger partial charge on any atom is 0.0431 e. The molecule has 2 aromatic carbocycles. The normalized spacial score (nSPS) is 11.9. The minimum absolute atomic E-state index is 0.503. The van der Waals surface area contributed by atoms with Crippen molar-refractivity contribution in [1.82, 2.24) is 0 Å². The van der Waals surface area contributed by atoms with Crippen LogP contribution >= 0.6 is 0 Å². The van der Waals surface area contributed by atoms with Crippen LogP contribution in [0.15, 0.2) is 24.3 Å². The third kappa shape index (κ3) is 5.64. The second-order valence-corrected chi connectivity index (χ2v) is 10.8. The molecular formula is C29H46N2. The van der Waals surface area contributed by atoms with E-state index in [9.17, 15) is 0 Å². The summed E-state index contributed by atoms with van der Waals surface area (Å²) in [5.41, 5.74) is 11.5. The lowest BCUT2D eigenvalue weighted by Crippen LogP contribution is -2.17. The van der Waals surface area contributed by atoms with E-state index in [1.807, 2.05) is 0 Å². The molecule has 0 N–H and O–H groups in total. The molecule has 0 unspecified atom stereocenters. The van der Waals surface area contributed by atoms with Gasteiger partial charge < -0.3 is 9.80 Å². The van der Waals surface area contributed by atoms with Crippen molar-refractivity contribution in [2.24, 2.45) is 0 Å². The van der Waals surface area contributed by atoms with Crippen molar-refractivity contribution < 1.29 is 0 Å². The lowest BCUT2D eigenvalue weighted by Gasteiger charge is -2.28. The molecule has 172 valence electrons. The van der Waals surface area contributed by atoms with Crippen molar-refractivity contribution >= 4 is 11.4 Å². The summed E-state index contributed by atoms with van der Waals surface area (Å²) in [6.07, 6.45) is 0.986. The summed E-state index contributed by atoms with van der Waals surface area (Å²) >= 11 is 0. The highest BCUT2D eigenvalue weighted by Crippen LogP contribution is 2.38. The number of nitrogens with zero attached hydrogens (tertiary/aromatic N) is 2. The van der Waals surface area contributed by atoms with Crippen LogP contribution in [0.4, 0.5) is 11.4 Å². The van der Waals surface area contributed by atoms with Gasteiger partial charge in [-0.25, -0.2) is 0 Å². The molecule has 2 nitrogen and oxygen atoms in total. The number of hydrogen-bond acceptors (Lipinski definition) is 2. The van der Waals surface area contributed by atoms with Gasteiger partial charge in [-0.15, -0.1) is 0 Å². The number of hydrogen-bond donors (Lipinski definition) is 0. The molecule has 0 fully saturated rings. The van der Waals surface area contributed by atoms with Crippen molar-refractivity contribution in [3.63, 3.8) is 0 Å². The zero-order valence-corrected chi connectivity index (χ0v) is 22.2. The molecule has 0 radical (unpaired) electrons. The maximum absolute atomic E-state index is 2.45. The first-order valence-corrected chi connectivity index (χ1v) is 12.0. The van der Waals surface area contributed by atoms with Crippen LogP contribution in [0.5, 0.6) is 0 Å². The first-order chi connectivity index (χ1) is 14.3. The van der Waals surface area contributed by atoms with Crippen LogP contribution in [-0.2, 0) is 6.42 Å². The SMILES string of the molecule is CC(C)c1cc(Cc2cc(C(C)C)c(N(C)C)c(C(C)C)c2)cc(C(C)C)c1N(C)C. The van der Waals surface area contributed by atoms with Gasteiger partial charge in [0, 0.05) is 39.6 Å². The second kappa shape index (κ2) is 10.1. The van der Waals surface area contributed by atoms with Crippen LogP contribution in [0, 0.1) is 0 Å². The third-order valence-corrected chi connectivity index (χ3v) is 6.25. The minimum Gasteiger partial charge on any atom is -0.377 e.